The molecule has 2 rings (SSSR count). The van der Waals surface area contributed by atoms with E-state index in [0.717, 1.165) is 12.8 Å². The van der Waals surface area contributed by atoms with Gasteiger partial charge in [-0.15, -0.1) is 0 Å². The Balaban J connectivity index is 2.16. The summed E-state index contributed by atoms with van der Waals surface area (Å²) in [5.74, 6) is 0. The topological polar surface area (TPSA) is 72.2 Å². The molecule has 0 amide bonds. The van der Waals surface area contributed by atoms with Gasteiger partial charge in [-0.1, -0.05) is 22.4 Å². The first-order chi connectivity index (χ1) is 8.88. The van der Waals surface area contributed by atoms with Gasteiger partial charge in [0, 0.05) is 15.8 Å². The summed E-state index contributed by atoms with van der Waals surface area (Å²) in [6.07, 6.45) is 5.32. The van der Waals surface area contributed by atoms with E-state index in [1.165, 1.54) is 12.5 Å². The Kier molecular flexibility index (Phi) is 4.49. The fourth-order valence-corrected chi connectivity index (χ4v) is 4.87. The van der Waals surface area contributed by atoms with E-state index in [9.17, 15) is 8.42 Å². The van der Waals surface area contributed by atoms with E-state index in [0.29, 0.717) is 11.0 Å². The molecule has 1 fully saturated rings. The van der Waals surface area contributed by atoms with Crippen LogP contribution < -0.4 is 10.5 Å². The Bertz CT molecular complexity index is 566. The van der Waals surface area contributed by atoms with Crippen LogP contribution in [-0.4, -0.2) is 26.0 Å². The summed E-state index contributed by atoms with van der Waals surface area (Å²) in [5.41, 5.74) is 6.01. The number of nitrogen functional groups attached to an aromatic ring is 1. The van der Waals surface area contributed by atoms with Crippen molar-refractivity contribution in [3.05, 3.63) is 22.7 Å². The maximum absolute atomic E-state index is 12.3. The van der Waals surface area contributed by atoms with Gasteiger partial charge in [0.1, 0.15) is 4.90 Å². The second kappa shape index (κ2) is 5.63. The molecule has 1 aliphatic rings. The Hall–Kier alpha value is -0.240. The number of halogens is 1. The van der Waals surface area contributed by atoms with Gasteiger partial charge in [0.15, 0.2) is 0 Å². The van der Waals surface area contributed by atoms with E-state index in [2.05, 4.69) is 20.7 Å². The zero-order valence-corrected chi connectivity index (χ0v) is 13.9. The number of thioether (sulfide) groups is 1. The van der Waals surface area contributed by atoms with E-state index in [1.54, 1.807) is 23.9 Å². The number of rotatable bonds is 5. The van der Waals surface area contributed by atoms with Gasteiger partial charge in [-0.2, -0.15) is 11.8 Å². The molecule has 1 aromatic carbocycles. The van der Waals surface area contributed by atoms with Crippen LogP contribution in [0.2, 0.25) is 0 Å². The van der Waals surface area contributed by atoms with Crippen LogP contribution in [0.4, 0.5) is 5.69 Å². The van der Waals surface area contributed by atoms with Crippen LogP contribution in [0.25, 0.3) is 0 Å². The third-order valence-electron chi connectivity index (χ3n) is 3.55. The maximum Gasteiger partial charge on any atom is 0.242 e. The minimum absolute atomic E-state index is 0.0633. The average Bonchev–Trinajstić information content (AvgIpc) is 2.31. The number of sulfonamides is 1. The predicted octanol–water partition coefficient (Wildman–Crippen LogP) is 2.60. The Labute approximate surface area is 126 Å². The molecule has 1 saturated carbocycles. The van der Waals surface area contributed by atoms with Crippen LogP contribution in [0, 0.1) is 0 Å². The Morgan fingerprint density at radius 3 is 2.68 bits per heavy atom. The Morgan fingerprint density at radius 1 is 1.47 bits per heavy atom. The predicted molar refractivity (Wildman–Crippen MR) is 83.8 cm³/mol. The van der Waals surface area contributed by atoms with Gasteiger partial charge < -0.3 is 5.73 Å². The highest BCUT2D eigenvalue weighted by Crippen LogP contribution is 2.42. The van der Waals surface area contributed by atoms with Crippen LogP contribution >= 0.6 is 27.7 Å². The van der Waals surface area contributed by atoms with Gasteiger partial charge in [-0.3, -0.25) is 0 Å². The standard InChI is InChI=1S/C12H17BrN2O2S2/c1-18-12(5-2-6-12)8-15-19(16,17)11-7-9(13)3-4-10(11)14/h3-4,7,15H,2,5-6,8,14H2,1H3. The molecule has 0 unspecified atom stereocenters. The van der Waals surface area contributed by atoms with Crippen LogP contribution in [0.1, 0.15) is 19.3 Å². The number of benzene rings is 1. The summed E-state index contributed by atoms with van der Waals surface area (Å²) in [6.45, 7) is 0.461. The van der Waals surface area contributed by atoms with Crippen molar-refractivity contribution in [3.8, 4) is 0 Å². The van der Waals surface area contributed by atoms with Crippen molar-refractivity contribution in [2.24, 2.45) is 0 Å². The third-order valence-corrected chi connectivity index (χ3v) is 6.92. The summed E-state index contributed by atoms with van der Waals surface area (Å²) in [4.78, 5) is 0.137. The minimum Gasteiger partial charge on any atom is -0.398 e. The summed E-state index contributed by atoms with van der Waals surface area (Å²) >= 11 is 5.00. The van der Waals surface area contributed by atoms with E-state index in [-0.39, 0.29) is 15.3 Å². The molecule has 0 spiro atoms. The summed E-state index contributed by atoms with van der Waals surface area (Å²) < 4.78 is 28.0. The quantitative estimate of drug-likeness (QED) is 0.787. The molecule has 1 aromatic rings. The highest BCUT2D eigenvalue weighted by Gasteiger charge is 2.37. The minimum atomic E-state index is -3.55. The first kappa shape index (κ1) is 15.2. The van der Waals surface area contributed by atoms with Crippen LogP contribution in [-0.2, 0) is 10.0 Å². The summed E-state index contributed by atoms with van der Waals surface area (Å²) in [7, 11) is -3.55. The molecule has 0 aromatic heterocycles. The zero-order valence-electron chi connectivity index (χ0n) is 10.6. The van der Waals surface area contributed by atoms with E-state index < -0.39 is 10.0 Å². The first-order valence-electron chi connectivity index (χ1n) is 5.98. The van der Waals surface area contributed by atoms with Gasteiger partial charge in [0.05, 0.1) is 5.69 Å². The van der Waals surface area contributed by atoms with E-state index in [1.807, 2.05) is 6.26 Å². The zero-order chi connectivity index (χ0) is 14.1. The number of nitrogens with two attached hydrogens (primary N) is 1. The van der Waals surface area contributed by atoms with E-state index >= 15 is 0 Å². The molecular formula is C12H17BrN2O2S2. The maximum atomic E-state index is 12.3. The SMILES string of the molecule is CSC1(CNS(=O)(=O)c2cc(Br)ccc2N)CCC1. The summed E-state index contributed by atoms with van der Waals surface area (Å²) in [6, 6.07) is 4.85. The molecule has 3 N–H and O–H groups in total. The van der Waals surface area contributed by atoms with Crippen molar-refractivity contribution in [2.45, 2.75) is 28.9 Å². The average molecular weight is 365 g/mol. The molecule has 0 heterocycles. The lowest BCUT2D eigenvalue weighted by atomic mass is 9.84. The number of nitrogens with one attached hydrogen (secondary N) is 1. The monoisotopic (exact) mass is 364 g/mol. The van der Waals surface area contributed by atoms with Crippen molar-refractivity contribution in [1.82, 2.24) is 4.72 Å². The number of hydrogen-bond acceptors (Lipinski definition) is 4. The van der Waals surface area contributed by atoms with Crippen molar-refractivity contribution in [1.29, 1.82) is 0 Å². The molecule has 0 atom stereocenters. The molecule has 0 radical (unpaired) electrons. The lowest BCUT2D eigenvalue weighted by Gasteiger charge is -2.40. The van der Waals surface area contributed by atoms with Crippen molar-refractivity contribution in [2.75, 3.05) is 18.5 Å². The third kappa shape index (κ3) is 3.26. The molecule has 7 heteroatoms. The molecule has 106 valence electrons. The normalized spacial score (nSPS) is 18.0. The van der Waals surface area contributed by atoms with E-state index in [4.69, 9.17) is 5.73 Å². The second-order valence-electron chi connectivity index (χ2n) is 4.75. The second-order valence-corrected chi connectivity index (χ2v) is 8.67. The van der Waals surface area contributed by atoms with Gasteiger partial charge in [0.25, 0.3) is 0 Å². The molecule has 4 nitrogen and oxygen atoms in total. The number of anilines is 1. The molecule has 0 aliphatic heterocycles. The molecule has 1 aliphatic carbocycles. The van der Waals surface area contributed by atoms with Crippen molar-refractivity contribution in [3.63, 3.8) is 0 Å². The lowest BCUT2D eigenvalue weighted by Crippen LogP contribution is -2.45. The fourth-order valence-electron chi connectivity index (χ4n) is 2.07. The number of hydrogen-bond donors (Lipinski definition) is 2. The summed E-state index contributed by atoms with van der Waals surface area (Å²) in [5, 5.41) is 0. The lowest BCUT2D eigenvalue weighted by molar-refractivity contribution is 0.362. The molecular weight excluding hydrogens is 348 g/mol. The largest absolute Gasteiger partial charge is 0.398 e. The first-order valence-corrected chi connectivity index (χ1v) is 9.48. The van der Waals surface area contributed by atoms with Crippen LogP contribution in [0.3, 0.4) is 0 Å². The highest BCUT2D eigenvalue weighted by molar-refractivity contribution is 9.10. The Morgan fingerprint density at radius 2 is 2.16 bits per heavy atom. The van der Waals surface area contributed by atoms with Crippen molar-refractivity contribution < 1.29 is 8.42 Å². The van der Waals surface area contributed by atoms with Crippen LogP contribution in [0.15, 0.2) is 27.6 Å². The van der Waals surface area contributed by atoms with Gasteiger partial charge >= 0.3 is 0 Å². The smallest absolute Gasteiger partial charge is 0.242 e. The fraction of sp³-hybridized carbons (Fsp3) is 0.500. The molecule has 19 heavy (non-hydrogen) atoms. The van der Waals surface area contributed by atoms with Crippen LogP contribution in [0.5, 0.6) is 0 Å². The van der Waals surface area contributed by atoms with Gasteiger partial charge in [0.2, 0.25) is 10.0 Å². The van der Waals surface area contributed by atoms with Crippen molar-refractivity contribution >= 4 is 43.4 Å². The van der Waals surface area contributed by atoms with Gasteiger partial charge in [-0.05, 0) is 37.3 Å². The molecule has 0 saturated heterocycles. The highest BCUT2D eigenvalue weighted by atomic mass is 79.9. The molecule has 0 bridgehead atoms. The van der Waals surface area contributed by atoms with Gasteiger partial charge in [-0.25, -0.2) is 13.1 Å².